The fourth-order valence-corrected chi connectivity index (χ4v) is 2.87. The maximum atomic E-state index is 5.66. The summed E-state index contributed by atoms with van der Waals surface area (Å²) in [5.74, 6) is 6.36. The van der Waals surface area contributed by atoms with E-state index in [-0.39, 0.29) is 6.04 Å². The van der Waals surface area contributed by atoms with E-state index in [0.29, 0.717) is 18.3 Å². The molecular weight excluding hydrogens is 264 g/mol. The van der Waals surface area contributed by atoms with Gasteiger partial charge in [-0.2, -0.15) is 5.10 Å². The zero-order valence-corrected chi connectivity index (χ0v) is 12.4. The molecular formula is C15H22N6. The van der Waals surface area contributed by atoms with Crippen LogP contribution in [0.4, 0.5) is 0 Å². The zero-order chi connectivity index (χ0) is 14.7. The van der Waals surface area contributed by atoms with Crippen molar-refractivity contribution >= 4 is 0 Å². The van der Waals surface area contributed by atoms with Crippen LogP contribution in [0.25, 0.3) is 0 Å². The highest BCUT2D eigenvalue weighted by molar-refractivity contribution is 5.09. The van der Waals surface area contributed by atoms with Crippen molar-refractivity contribution in [2.45, 2.75) is 51.1 Å². The molecule has 1 saturated carbocycles. The van der Waals surface area contributed by atoms with Crippen molar-refractivity contribution in [1.29, 1.82) is 0 Å². The second kappa shape index (κ2) is 6.32. The Kier molecular flexibility index (Phi) is 4.26. The minimum atomic E-state index is -0.113. The molecule has 1 fully saturated rings. The van der Waals surface area contributed by atoms with E-state index in [0.717, 1.165) is 11.3 Å². The number of rotatable bonds is 5. The Hall–Kier alpha value is -1.79. The summed E-state index contributed by atoms with van der Waals surface area (Å²) in [6.45, 7) is 1.97. The molecule has 2 aromatic heterocycles. The van der Waals surface area contributed by atoms with E-state index >= 15 is 0 Å². The van der Waals surface area contributed by atoms with Gasteiger partial charge in [-0.3, -0.25) is 10.5 Å². The molecule has 0 radical (unpaired) electrons. The summed E-state index contributed by atoms with van der Waals surface area (Å²) in [4.78, 5) is 8.68. The lowest BCUT2D eigenvalue weighted by Gasteiger charge is -2.13. The van der Waals surface area contributed by atoms with Crippen molar-refractivity contribution in [2.75, 3.05) is 0 Å². The first kappa shape index (κ1) is 14.2. The van der Waals surface area contributed by atoms with Crippen LogP contribution in [-0.4, -0.2) is 19.7 Å². The van der Waals surface area contributed by atoms with Crippen LogP contribution in [0.3, 0.4) is 0 Å². The molecule has 1 aliphatic rings. The Morgan fingerprint density at radius 2 is 2.05 bits per heavy atom. The Morgan fingerprint density at radius 1 is 1.33 bits per heavy atom. The van der Waals surface area contributed by atoms with Crippen LogP contribution in [0.15, 0.2) is 24.7 Å². The van der Waals surface area contributed by atoms with Gasteiger partial charge in [-0.15, -0.1) is 0 Å². The summed E-state index contributed by atoms with van der Waals surface area (Å²) in [5, 5.41) is 4.69. The molecule has 0 aromatic carbocycles. The Morgan fingerprint density at radius 3 is 2.71 bits per heavy atom. The van der Waals surface area contributed by atoms with Gasteiger partial charge in [0.15, 0.2) is 0 Å². The van der Waals surface area contributed by atoms with Gasteiger partial charge in [0.25, 0.3) is 0 Å². The van der Waals surface area contributed by atoms with Crippen molar-refractivity contribution in [3.05, 3.63) is 41.7 Å². The standard InChI is InChI=1S/C15H22N6/c1-11-9-17-15(18-10-11)14(19-16)8-12-6-7-21(20-12)13-4-2-3-5-13/h6-7,9-10,13-14,19H,2-5,8,16H2,1H3. The fourth-order valence-electron chi connectivity index (χ4n) is 2.87. The van der Waals surface area contributed by atoms with Crippen molar-refractivity contribution < 1.29 is 0 Å². The van der Waals surface area contributed by atoms with Crippen LogP contribution in [0.1, 0.15) is 54.8 Å². The normalized spacial score (nSPS) is 17.2. The number of nitrogens with two attached hydrogens (primary N) is 1. The van der Waals surface area contributed by atoms with Crippen molar-refractivity contribution in [1.82, 2.24) is 25.2 Å². The van der Waals surface area contributed by atoms with Crippen LogP contribution in [-0.2, 0) is 6.42 Å². The molecule has 2 aromatic rings. The third kappa shape index (κ3) is 3.28. The number of nitrogens with zero attached hydrogens (tertiary/aromatic N) is 4. The molecule has 21 heavy (non-hydrogen) atoms. The third-order valence-electron chi connectivity index (χ3n) is 4.09. The van der Waals surface area contributed by atoms with Gasteiger partial charge >= 0.3 is 0 Å². The zero-order valence-electron chi connectivity index (χ0n) is 12.4. The largest absolute Gasteiger partial charge is 0.271 e. The van der Waals surface area contributed by atoms with Crippen LogP contribution < -0.4 is 11.3 Å². The summed E-state index contributed by atoms with van der Waals surface area (Å²) >= 11 is 0. The second-order valence-electron chi connectivity index (χ2n) is 5.77. The predicted octanol–water partition coefficient (Wildman–Crippen LogP) is 1.84. The molecule has 6 heteroatoms. The first-order chi connectivity index (χ1) is 10.3. The lowest BCUT2D eigenvalue weighted by atomic mass is 10.1. The van der Waals surface area contributed by atoms with Crippen molar-refractivity contribution in [3.8, 4) is 0 Å². The van der Waals surface area contributed by atoms with Gasteiger partial charge in [-0.25, -0.2) is 15.4 Å². The van der Waals surface area contributed by atoms with Crippen LogP contribution >= 0.6 is 0 Å². The summed E-state index contributed by atoms with van der Waals surface area (Å²) in [5.41, 5.74) is 4.85. The molecule has 1 unspecified atom stereocenters. The van der Waals surface area contributed by atoms with E-state index < -0.39 is 0 Å². The molecule has 0 bridgehead atoms. The molecule has 0 aliphatic heterocycles. The van der Waals surface area contributed by atoms with E-state index in [2.05, 4.69) is 37.4 Å². The molecule has 1 atom stereocenters. The van der Waals surface area contributed by atoms with Crippen molar-refractivity contribution in [3.63, 3.8) is 0 Å². The molecule has 2 heterocycles. The summed E-state index contributed by atoms with van der Waals surface area (Å²) in [7, 11) is 0. The highest BCUT2D eigenvalue weighted by Crippen LogP contribution is 2.29. The molecule has 0 amide bonds. The fraction of sp³-hybridized carbons (Fsp3) is 0.533. The number of hydrogen-bond donors (Lipinski definition) is 2. The molecule has 1 aliphatic carbocycles. The van der Waals surface area contributed by atoms with E-state index in [4.69, 9.17) is 5.84 Å². The molecule has 0 saturated heterocycles. The third-order valence-corrected chi connectivity index (χ3v) is 4.09. The van der Waals surface area contributed by atoms with Crippen LogP contribution in [0.2, 0.25) is 0 Å². The predicted molar refractivity (Wildman–Crippen MR) is 80.3 cm³/mol. The van der Waals surface area contributed by atoms with Gasteiger partial charge in [0.2, 0.25) is 0 Å². The Balaban J connectivity index is 1.70. The van der Waals surface area contributed by atoms with Gasteiger partial charge < -0.3 is 0 Å². The monoisotopic (exact) mass is 286 g/mol. The first-order valence-corrected chi connectivity index (χ1v) is 7.55. The summed E-state index contributed by atoms with van der Waals surface area (Å²) < 4.78 is 2.10. The van der Waals surface area contributed by atoms with E-state index in [1.807, 2.05) is 19.3 Å². The molecule has 3 rings (SSSR count). The minimum Gasteiger partial charge on any atom is -0.271 e. The Labute approximate surface area is 124 Å². The SMILES string of the molecule is Cc1cnc(C(Cc2ccn(C3CCCC3)n2)NN)nc1. The van der Waals surface area contributed by atoms with Crippen molar-refractivity contribution in [2.24, 2.45) is 5.84 Å². The first-order valence-electron chi connectivity index (χ1n) is 7.55. The quantitative estimate of drug-likeness (QED) is 0.647. The summed E-state index contributed by atoms with van der Waals surface area (Å²) in [6.07, 6.45) is 11.5. The van der Waals surface area contributed by atoms with Gasteiger partial charge in [0.05, 0.1) is 17.8 Å². The summed E-state index contributed by atoms with van der Waals surface area (Å²) in [6, 6.07) is 2.52. The number of aryl methyl sites for hydroxylation is 1. The smallest absolute Gasteiger partial charge is 0.146 e. The average Bonchev–Trinajstić information content (AvgIpc) is 3.17. The molecule has 0 spiro atoms. The van der Waals surface area contributed by atoms with Gasteiger partial charge in [0.1, 0.15) is 5.82 Å². The number of hydrogen-bond acceptors (Lipinski definition) is 5. The van der Waals surface area contributed by atoms with E-state index in [1.165, 1.54) is 25.7 Å². The van der Waals surface area contributed by atoms with Gasteiger partial charge in [-0.05, 0) is 31.4 Å². The maximum Gasteiger partial charge on any atom is 0.146 e. The second-order valence-corrected chi connectivity index (χ2v) is 5.77. The van der Waals surface area contributed by atoms with Gasteiger partial charge in [-0.1, -0.05) is 12.8 Å². The molecule has 6 nitrogen and oxygen atoms in total. The highest BCUT2D eigenvalue weighted by atomic mass is 15.3. The molecule has 3 N–H and O–H groups in total. The lowest BCUT2D eigenvalue weighted by molar-refractivity contribution is 0.455. The topological polar surface area (TPSA) is 81.7 Å². The Bertz CT molecular complexity index is 570. The maximum absolute atomic E-state index is 5.66. The van der Waals surface area contributed by atoms with E-state index in [1.54, 1.807) is 0 Å². The van der Waals surface area contributed by atoms with Crippen LogP contribution in [0, 0.1) is 6.92 Å². The van der Waals surface area contributed by atoms with Crippen LogP contribution in [0.5, 0.6) is 0 Å². The minimum absolute atomic E-state index is 0.113. The van der Waals surface area contributed by atoms with E-state index in [9.17, 15) is 0 Å². The lowest BCUT2D eigenvalue weighted by Crippen LogP contribution is -2.31. The number of aromatic nitrogens is 4. The number of nitrogens with one attached hydrogen (secondary N) is 1. The molecule has 112 valence electrons. The average molecular weight is 286 g/mol. The van der Waals surface area contributed by atoms with Gasteiger partial charge in [0, 0.05) is 25.0 Å². The highest BCUT2D eigenvalue weighted by Gasteiger charge is 2.19. The number of hydrazine groups is 1.